The molecule has 2 saturated heterocycles. The van der Waals surface area contributed by atoms with Gasteiger partial charge in [-0.2, -0.15) is 0 Å². The summed E-state index contributed by atoms with van der Waals surface area (Å²) in [7, 11) is 0. The van der Waals surface area contributed by atoms with Crippen LogP contribution in [0.2, 0.25) is 0 Å². The number of ketones is 1. The lowest BCUT2D eigenvalue weighted by Crippen LogP contribution is -2.48. The van der Waals surface area contributed by atoms with Gasteiger partial charge < -0.3 is 9.64 Å². The van der Waals surface area contributed by atoms with E-state index in [1.54, 1.807) is 0 Å². The minimum Gasteiger partial charge on any atom is -0.445 e. The number of nitrogens with zero attached hydrogens (tertiary/aromatic N) is 1. The maximum absolute atomic E-state index is 12.6. The smallest absolute Gasteiger partial charge is 0.410 e. The zero-order valence-electron chi connectivity index (χ0n) is 16.9. The van der Waals surface area contributed by atoms with Crippen molar-refractivity contribution in [3.8, 4) is 11.8 Å². The second-order valence-corrected chi connectivity index (χ2v) is 7.95. The molecule has 0 spiro atoms. The van der Waals surface area contributed by atoms with Gasteiger partial charge in [0.05, 0.1) is 6.42 Å². The number of benzene rings is 1. The van der Waals surface area contributed by atoms with Gasteiger partial charge in [-0.1, -0.05) is 56.0 Å². The minimum atomic E-state index is -0.238. The molecule has 1 aromatic carbocycles. The minimum absolute atomic E-state index is 0.0422. The number of piperidine rings is 1. The van der Waals surface area contributed by atoms with Crippen LogP contribution in [-0.2, 0) is 16.1 Å². The summed E-state index contributed by atoms with van der Waals surface area (Å²) in [5.74, 6) is 6.48. The van der Waals surface area contributed by atoms with Crippen molar-refractivity contribution in [2.45, 2.75) is 83.4 Å². The Hall–Kier alpha value is -2.28. The van der Waals surface area contributed by atoms with Gasteiger partial charge in [0.25, 0.3) is 0 Å². The van der Waals surface area contributed by atoms with Crippen LogP contribution < -0.4 is 0 Å². The maximum Gasteiger partial charge on any atom is 0.410 e. The largest absolute Gasteiger partial charge is 0.445 e. The summed E-state index contributed by atoms with van der Waals surface area (Å²) in [5, 5.41) is 0. The fraction of sp³-hybridized carbons (Fsp3) is 0.583. The highest BCUT2D eigenvalue weighted by Crippen LogP contribution is 2.39. The van der Waals surface area contributed by atoms with Crippen LogP contribution in [-0.4, -0.2) is 28.9 Å². The Balaban J connectivity index is 1.47. The fourth-order valence-electron chi connectivity index (χ4n) is 4.38. The van der Waals surface area contributed by atoms with Crippen molar-refractivity contribution < 1.29 is 14.3 Å². The van der Waals surface area contributed by atoms with E-state index < -0.39 is 0 Å². The summed E-state index contributed by atoms with van der Waals surface area (Å²) < 4.78 is 5.54. The predicted octanol–water partition coefficient (Wildman–Crippen LogP) is 5.11. The normalized spacial score (nSPS) is 23.0. The molecule has 0 saturated carbocycles. The maximum atomic E-state index is 12.6. The van der Waals surface area contributed by atoms with Crippen LogP contribution in [0.15, 0.2) is 30.3 Å². The first-order valence-electron chi connectivity index (χ1n) is 10.7. The van der Waals surface area contributed by atoms with Gasteiger partial charge in [-0.05, 0) is 37.7 Å². The number of carbonyl (C=O) groups excluding carboxylic acids is 2. The monoisotopic (exact) mass is 381 g/mol. The first-order valence-corrected chi connectivity index (χ1v) is 10.7. The van der Waals surface area contributed by atoms with E-state index in [0.29, 0.717) is 13.0 Å². The fourth-order valence-corrected chi connectivity index (χ4v) is 4.38. The number of ether oxygens (including phenoxy) is 1. The standard InChI is InChI=1S/C24H31NO3/c1-2-3-4-5-6-10-13-23(26)20-16-21-14-15-22(17-20)25(21)24(27)28-18-19-11-8-7-9-12-19/h7-9,11-12,20-22H,2-5,13-18H2,1H3. The van der Waals surface area contributed by atoms with Crippen LogP contribution in [0.4, 0.5) is 4.79 Å². The van der Waals surface area contributed by atoms with E-state index in [0.717, 1.165) is 44.1 Å². The van der Waals surface area contributed by atoms with Gasteiger partial charge in [0, 0.05) is 24.4 Å². The van der Waals surface area contributed by atoms with Gasteiger partial charge in [0.15, 0.2) is 0 Å². The highest BCUT2D eigenvalue weighted by Gasteiger charge is 2.45. The van der Waals surface area contributed by atoms with Gasteiger partial charge >= 0.3 is 6.09 Å². The van der Waals surface area contributed by atoms with Gasteiger partial charge in [0.1, 0.15) is 12.4 Å². The van der Waals surface area contributed by atoms with E-state index in [9.17, 15) is 9.59 Å². The number of rotatable bonds is 7. The number of amides is 1. The van der Waals surface area contributed by atoms with E-state index in [4.69, 9.17) is 4.74 Å². The molecule has 2 bridgehead atoms. The number of hydrogen-bond acceptors (Lipinski definition) is 3. The average molecular weight is 382 g/mol. The Morgan fingerprint density at radius 3 is 2.46 bits per heavy atom. The summed E-state index contributed by atoms with van der Waals surface area (Å²) in [6, 6.07) is 10.0. The molecule has 3 rings (SSSR count). The molecule has 28 heavy (non-hydrogen) atoms. The molecule has 2 fully saturated rings. The molecule has 2 unspecified atom stereocenters. The molecule has 2 atom stereocenters. The summed E-state index contributed by atoms with van der Waals surface area (Å²) in [6.45, 7) is 2.47. The van der Waals surface area contributed by atoms with Gasteiger partial charge in [-0.25, -0.2) is 4.79 Å². The lowest BCUT2D eigenvalue weighted by atomic mass is 9.86. The predicted molar refractivity (Wildman–Crippen MR) is 110 cm³/mol. The lowest BCUT2D eigenvalue weighted by Gasteiger charge is -2.37. The Morgan fingerprint density at radius 2 is 1.79 bits per heavy atom. The molecule has 0 N–H and O–H groups in total. The molecule has 2 aliphatic heterocycles. The zero-order valence-corrected chi connectivity index (χ0v) is 16.9. The zero-order chi connectivity index (χ0) is 19.8. The van der Waals surface area contributed by atoms with Crippen molar-refractivity contribution in [3.05, 3.63) is 35.9 Å². The third kappa shape index (κ3) is 5.38. The number of Topliss-reactive ketones (excluding diaryl/α,β-unsaturated/α-hetero) is 1. The first-order chi connectivity index (χ1) is 13.7. The van der Waals surface area contributed by atoms with E-state index in [2.05, 4.69) is 18.8 Å². The van der Waals surface area contributed by atoms with E-state index in [1.807, 2.05) is 35.2 Å². The molecule has 2 aliphatic rings. The van der Waals surface area contributed by atoms with Crippen molar-refractivity contribution in [1.29, 1.82) is 0 Å². The van der Waals surface area contributed by atoms with Crippen molar-refractivity contribution in [1.82, 2.24) is 4.90 Å². The van der Waals surface area contributed by atoms with Crippen LogP contribution in [0.25, 0.3) is 0 Å². The highest BCUT2D eigenvalue weighted by atomic mass is 16.6. The Bertz CT molecular complexity index is 704. The molecular weight excluding hydrogens is 350 g/mol. The van der Waals surface area contributed by atoms with Gasteiger partial charge in [0.2, 0.25) is 0 Å². The molecule has 1 amide bonds. The van der Waals surface area contributed by atoms with Crippen LogP contribution in [0.1, 0.15) is 70.3 Å². The van der Waals surface area contributed by atoms with Crippen molar-refractivity contribution in [2.75, 3.05) is 0 Å². The number of unbranched alkanes of at least 4 members (excludes halogenated alkanes) is 3. The number of fused-ring (bicyclic) bond motifs is 2. The van der Waals surface area contributed by atoms with Crippen molar-refractivity contribution in [2.24, 2.45) is 5.92 Å². The molecule has 1 aromatic rings. The average Bonchev–Trinajstić information content (AvgIpc) is 2.99. The molecule has 0 aromatic heterocycles. The number of carbonyl (C=O) groups is 2. The van der Waals surface area contributed by atoms with Crippen LogP contribution in [0, 0.1) is 17.8 Å². The van der Waals surface area contributed by atoms with E-state index in [-0.39, 0.29) is 29.9 Å². The lowest BCUT2D eigenvalue weighted by molar-refractivity contribution is -0.124. The van der Waals surface area contributed by atoms with E-state index in [1.165, 1.54) is 12.8 Å². The molecule has 150 valence electrons. The van der Waals surface area contributed by atoms with Crippen LogP contribution in [0.5, 0.6) is 0 Å². The molecule has 4 heteroatoms. The van der Waals surface area contributed by atoms with Crippen LogP contribution in [0.3, 0.4) is 0 Å². The van der Waals surface area contributed by atoms with Crippen molar-refractivity contribution >= 4 is 11.9 Å². The third-order valence-corrected chi connectivity index (χ3v) is 5.90. The molecule has 0 aliphatic carbocycles. The summed E-state index contributed by atoms with van der Waals surface area (Å²) >= 11 is 0. The molecule has 2 heterocycles. The SMILES string of the molecule is CCCCCC#CCC(=O)C1CC2CCC(C1)N2C(=O)OCc1ccccc1. The topological polar surface area (TPSA) is 46.6 Å². The summed E-state index contributed by atoms with van der Waals surface area (Å²) in [6.07, 6.45) is 7.96. The first kappa shape index (κ1) is 20.5. The van der Waals surface area contributed by atoms with Crippen molar-refractivity contribution in [3.63, 3.8) is 0 Å². The van der Waals surface area contributed by atoms with Crippen LogP contribution >= 0.6 is 0 Å². The molecule has 0 radical (unpaired) electrons. The van der Waals surface area contributed by atoms with E-state index >= 15 is 0 Å². The molecular formula is C24H31NO3. The Morgan fingerprint density at radius 1 is 1.07 bits per heavy atom. The summed E-state index contributed by atoms with van der Waals surface area (Å²) in [5.41, 5.74) is 0.991. The molecule has 4 nitrogen and oxygen atoms in total. The number of hydrogen-bond donors (Lipinski definition) is 0. The highest BCUT2D eigenvalue weighted by molar-refractivity contribution is 5.84. The Labute approximate surface area is 168 Å². The Kier molecular flexibility index (Phi) is 7.54. The summed E-state index contributed by atoms with van der Waals surface area (Å²) in [4.78, 5) is 27.1. The quantitative estimate of drug-likeness (QED) is 0.487. The second kappa shape index (κ2) is 10.3. The van der Waals surface area contributed by atoms with Gasteiger partial charge in [-0.3, -0.25) is 4.79 Å². The second-order valence-electron chi connectivity index (χ2n) is 7.95. The third-order valence-electron chi connectivity index (χ3n) is 5.90. The van der Waals surface area contributed by atoms with Gasteiger partial charge in [-0.15, -0.1) is 5.92 Å².